The molecule has 3 aromatic heterocycles. The van der Waals surface area contributed by atoms with E-state index in [4.69, 9.17) is 4.74 Å². The third-order valence-corrected chi connectivity index (χ3v) is 7.10. The number of aromatic nitrogens is 4. The van der Waals surface area contributed by atoms with Crippen molar-refractivity contribution >= 4 is 44.3 Å². The minimum Gasteiger partial charge on any atom is -0.378 e. The summed E-state index contributed by atoms with van der Waals surface area (Å²) in [6, 6.07) is 8.74. The van der Waals surface area contributed by atoms with E-state index in [1.165, 1.54) is 12.3 Å². The predicted molar refractivity (Wildman–Crippen MR) is 144 cm³/mol. The number of ether oxygens (including phenoxy) is 1. The third-order valence-electron chi connectivity index (χ3n) is 6.61. The van der Waals surface area contributed by atoms with Crippen molar-refractivity contribution in [2.45, 2.75) is 26.6 Å². The Labute approximate surface area is 235 Å². The van der Waals surface area contributed by atoms with E-state index in [0.717, 1.165) is 6.07 Å². The number of nitrogens with zero attached hydrogens (tertiary/aromatic N) is 5. The fourth-order valence-electron chi connectivity index (χ4n) is 4.49. The van der Waals surface area contributed by atoms with Gasteiger partial charge in [0.25, 0.3) is 11.8 Å². The summed E-state index contributed by atoms with van der Waals surface area (Å²) in [5, 5.41) is 7.50. The largest absolute Gasteiger partial charge is 0.433 e. The van der Waals surface area contributed by atoms with E-state index in [9.17, 15) is 22.8 Å². The van der Waals surface area contributed by atoms with E-state index in [0.29, 0.717) is 59.1 Å². The van der Waals surface area contributed by atoms with Crippen LogP contribution in [0.4, 0.5) is 18.9 Å². The van der Waals surface area contributed by atoms with Crippen LogP contribution in [0, 0.1) is 13.8 Å². The molecule has 1 aliphatic rings. The third kappa shape index (κ3) is 5.70. The van der Waals surface area contributed by atoms with E-state index in [1.54, 1.807) is 47.7 Å². The Bertz CT molecular complexity index is 1600. The second-order valence-electron chi connectivity index (χ2n) is 9.31. The number of amides is 2. The number of halogens is 4. The van der Waals surface area contributed by atoms with E-state index in [2.05, 4.69) is 36.3 Å². The summed E-state index contributed by atoms with van der Waals surface area (Å²) in [6.45, 7) is 5.78. The van der Waals surface area contributed by atoms with Gasteiger partial charge in [-0.3, -0.25) is 19.3 Å². The first-order valence-electron chi connectivity index (χ1n) is 12.4. The van der Waals surface area contributed by atoms with Crippen molar-refractivity contribution < 1.29 is 27.5 Å². The number of carbonyl (C=O) groups excluding carboxylic acids is 2. The highest BCUT2D eigenvalue weighted by Crippen LogP contribution is 2.32. The topological polar surface area (TPSA) is 102 Å². The Kier molecular flexibility index (Phi) is 7.60. The highest BCUT2D eigenvalue weighted by molar-refractivity contribution is 9.10. The summed E-state index contributed by atoms with van der Waals surface area (Å²) in [4.78, 5) is 35.8. The molecule has 1 N–H and O–H groups in total. The first kappa shape index (κ1) is 27.7. The van der Waals surface area contributed by atoms with Crippen LogP contribution >= 0.6 is 15.9 Å². The van der Waals surface area contributed by atoms with Gasteiger partial charge in [0.2, 0.25) is 0 Å². The normalized spacial score (nSPS) is 14.0. The lowest BCUT2D eigenvalue weighted by Crippen LogP contribution is -2.40. The Hall–Kier alpha value is -3.84. The average Bonchev–Trinajstić information content (AvgIpc) is 3.19. The van der Waals surface area contributed by atoms with Gasteiger partial charge in [-0.05, 0) is 50.2 Å². The van der Waals surface area contributed by atoms with Crippen molar-refractivity contribution in [3.63, 3.8) is 0 Å². The number of nitrogens with one attached hydrogen (secondary N) is 1. The van der Waals surface area contributed by atoms with Crippen LogP contribution < -0.4 is 5.32 Å². The van der Waals surface area contributed by atoms with Gasteiger partial charge in [0.15, 0.2) is 0 Å². The van der Waals surface area contributed by atoms with Crippen LogP contribution in [-0.2, 0) is 17.5 Å². The van der Waals surface area contributed by atoms with Gasteiger partial charge in [-0.25, -0.2) is 4.98 Å². The molecular formula is C27H24BrF3N6O3. The molecule has 5 rings (SSSR count). The average molecular weight is 617 g/mol. The zero-order valence-electron chi connectivity index (χ0n) is 21.5. The summed E-state index contributed by atoms with van der Waals surface area (Å²) in [6.07, 6.45) is -3.20. The van der Waals surface area contributed by atoms with Crippen LogP contribution in [0.5, 0.6) is 0 Å². The zero-order chi connectivity index (χ0) is 28.6. The van der Waals surface area contributed by atoms with Crippen LogP contribution in [-0.4, -0.2) is 62.8 Å². The number of pyridine rings is 2. The monoisotopic (exact) mass is 616 g/mol. The Morgan fingerprint density at radius 2 is 1.85 bits per heavy atom. The van der Waals surface area contributed by atoms with Gasteiger partial charge in [0.1, 0.15) is 5.69 Å². The molecule has 1 aromatic carbocycles. The van der Waals surface area contributed by atoms with E-state index in [1.807, 2.05) is 0 Å². The Balaban J connectivity index is 1.37. The lowest BCUT2D eigenvalue weighted by Gasteiger charge is -2.26. The molecule has 0 spiro atoms. The maximum atomic E-state index is 13.5. The second kappa shape index (κ2) is 11.0. The van der Waals surface area contributed by atoms with E-state index >= 15 is 0 Å². The molecule has 4 aromatic rings. The molecular weight excluding hydrogens is 593 g/mol. The number of morpholine rings is 1. The molecule has 0 bridgehead atoms. The number of hydrogen-bond donors (Lipinski definition) is 1. The predicted octanol–water partition coefficient (Wildman–Crippen LogP) is 5.00. The van der Waals surface area contributed by atoms with Gasteiger partial charge in [-0.1, -0.05) is 15.9 Å². The molecule has 0 aliphatic carbocycles. The number of aryl methyl sites for hydroxylation is 1. The highest BCUT2D eigenvalue weighted by Gasteiger charge is 2.34. The maximum absolute atomic E-state index is 13.5. The molecule has 4 heterocycles. The molecule has 0 radical (unpaired) electrons. The van der Waals surface area contributed by atoms with Crippen molar-refractivity contribution in [1.82, 2.24) is 24.6 Å². The molecule has 9 nitrogen and oxygen atoms in total. The minimum atomic E-state index is -4.72. The summed E-state index contributed by atoms with van der Waals surface area (Å²) in [5.41, 5.74) is 1.32. The van der Waals surface area contributed by atoms with E-state index in [-0.39, 0.29) is 28.9 Å². The highest BCUT2D eigenvalue weighted by atomic mass is 79.9. The number of hydrogen-bond acceptors (Lipinski definition) is 6. The number of benzene rings is 1. The van der Waals surface area contributed by atoms with Crippen molar-refractivity contribution in [2.75, 3.05) is 31.6 Å². The van der Waals surface area contributed by atoms with Gasteiger partial charge in [-0.15, -0.1) is 0 Å². The van der Waals surface area contributed by atoms with Crippen LogP contribution in [0.15, 0.2) is 47.1 Å². The standard InChI is InChI=1S/C27H24BrF3N6O3/c1-15-24(34-25(38)21-12-23(27(29,30)31)33-22-6-4-18(28)11-20(21)22)16(2)37(35-15)14-19-5-3-17(13-32-19)26(39)36-7-9-40-10-8-36/h3-6,11-13H,7-10,14H2,1-2H3,(H,34,38). The van der Waals surface area contributed by atoms with Crippen LogP contribution in [0.25, 0.3) is 10.9 Å². The molecule has 1 aliphatic heterocycles. The minimum absolute atomic E-state index is 0.0499. The summed E-state index contributed by atoms with van der Waals surface area (Å²) in [7, 11) is 0. The molecule has 40 heavy (non-hydrogen) atoms. The smallest absolute Gasteiger partial charge is 0.378 e. The molecule has 0 atom stereocenters. The van der Waals surface area contributed by atoms with E-state index < -0.39 is 17.8 Å². The summed E-state index contributed by atoms with van der Waals surface area (Å²) in [5.74, 6) is -0.825. The van der Waals surface area contributed by atoms with Gasteiger partial charge in [-0.2, -0.15) is 18.3 Å². The lowest BCUT2D eigenvalue weighted by molar-refractivity contribution is -0.141. The molecule has 2 amide bonds. The van der Waals surface area contributed by atoms with Crippen molar-refractivity contribution in [2.24, 2.45) is 0 Å². The number of alkyl halides is 3. The number of fused-ring (bicyclic) bond motifs is 1. The number of carbonyl (C=O) groups is 2. The quantitative estimate of drug-likeness (QED) is 0.339. The molecule has 1 saturated heterocycles. The molecule has 0 saturated carbocycles. The van der Waals surface area contributed by atoms with Gasteiger partial charge >= 0.3 is 6.18 Å². The van der Waals surface area contributed by atoms with Gasteiger partial charge in [0.05, 0.1) is 59.2 Å². The fourth-order valence-corrected chi connectivity index (χ4v) is 4.85. The molecule has 208 valence electrons. The first-order valence-corrected chi connectivity index (χ1v) is 13.2. The lowest BCUT2D eigenvalue weighted by atomic mass is 10.1. The van der Waals surface area contributed by atoms with Gasteiger partial charge < -0.3 is 15.0 Å². The van der Waals surface area contributed by atoms with Gasteiger partial charge in [0, 0.05) is 29.1 Å². The molecule has 13 heteroatoms. The maximum Gasteiger partial charge on any atom is 0.433 e. The van der Waals surface area contributed by atoms with Crippen LogP contribution in [0.3, 0.4) is 0 Å². The number of anilines is 1. The van der Waals surface area contributed by atoms with Crippen molar-refractivity contribution in [3.8, 4) is 0 Å². The van der Waals surface area contributed by atoms with Crippen LogP contribution in [0.1, 0.15) is 43.5 Å². The van der Waals surface area contributed by atoms with Crippen molar-refractivity contribution in [3.05, 3.63) is 81.0 Å². The zero-order valence-corrected chi connectivity index (χ0v) is 23.1. The number of rotatable bonds is 5. The molecule has 0 unspecified atom stereocenters. The summed E-state index contributed by atoms with van der Waals surface area (Å²) < 4.78 is 48.1. The Morgan fingerprint density at radius 3 is 2.52 bits per heavy atom. The SMILES string of the molecule is Cc1nn(Cc2ccc(C(=O)N3CCOCC3)cn2)c(C)c1NC(=O)c1cc(C(F)(F)F)nc2ccc(Br)cc12. The summed E-state index contributed by atoms with van der Waals surface area (Å²) >= 11 is 3.30. The van der Waals surface area contributed by atoms with Crippen LogP contribution in [0.2, 0.25) is 0 Å². The Morgan fingerprint density at radius 1 is 1.10 bits per heavy atom. The fraction of sp³-hybridized carbons (Fsp3) is 0.296. The van der Waals surface area contributed by atoms with Crippen molar-refractivity contribution in [1.29, 1.82) is 0 Å². The molecule has 1 fully saturated rings. The first-order chi connectivity index (χ1) is 19.0. The second-order valence-corrected chi connectivity index (χ2v) is 10.2.